The van der Waals surface area contributed by atoms with E-state index in [1.807, 2.05) is 60.0 Å². The van der Waals surface area contributed by atoms with Crippen molar-refractivity contribution in [1.82, 2.24) is 4.57 Å². The Labute approximate surface area is 137 Å². The lowest BCUT2D eigenvalue weighted by Gasteiger charge is -2.15. The van der Waals surface area contributed by atoms with E-state index in [1.54, 1.807) is 7.11 Å². The minimum absolute atomic E-state index is 0.249. The predicted molar refractivity (Wildman–Crippen MR) is 87.3 cm³/mol. The average Bonchev–Trinajstić information content (AvgIpc) is 2.95. The number of nitrogens with zero attached hydrogens (tertiary/aromatic N) is 2. The van der Waals surface area contributed by atoms with E-state index in [-0.39, 0.29) is 5.97 Å². The summed E-state index contributed by atoms with van der Waals surface area (Å²) in [6.45, 7) is 4.50. The van der Waals surface area contributed by atoms with Gasteiger partial charge in [-0.25, -0.2) is 13.9 Å². The highest BCUT2D eigenvalue weighted by Gasteiger charge is 2.29. The van der Waals surface area contributed by atoms with Gasteiger partial charge >= 0.3 is 5.97 Å². The summed E-state index contributed by atoms with van der Waals surface area (Å²) in [5, 5.41) is 0. The Morgan fingerprint density at radius 1 is 1.39 bits per heavy atom. The Morgan fingerprint density at radius 2 is 2.17 bits per heavy atom. The van der Waals surface area contributed by atoms with Crippen molar-refractivity contribution in [3.8, 4) is 5.75 Å². The van der Waals surface area contributed by atoms with Gasteiger partial charge in [0.2, 0.25) is 12.4 Å². The number of hydrogen-bond donors (Lipinski definition) is 0. The van der Waals surface area contributed by atoms with Crippen LogP contribution in [0.3, 0.4) is 0 Å². The maximum absolute atomic E-state index is 12.6. The van der Waals surface area contributed by atoms with Crippen LogP contribution in [0.15, 0.2) is 36.9 Å². The normalized spacial score (nSPS) is 12.0. The van der Waals surface area contributed by atoms with Crippen molar-refractivity contribution in [2.24, 2.45) is 7.05 Å². The molecule has 0 bridgehead atoms. The zero-order valence-corrected chi connectivity index (χ0v) is 14.3. The monoisotopic (exact) mass is 317 g/mol. The van der Waals surface area contributed by atoms with E-state index in [0.29, 0.717) is 6.61 Å². The first-order valence-electron chi connectivity index (χ1n) is 7.90. The second-order valence-electron chi connectivity index (χ2n) is 5.68. The average molecular weight is 317 g/mol. The summed E-state index contributed by atoms with van der Waals surface area (Å²) in [5.41, 5.74) is 1.89. The summed E-state index contributed by atoms with van der Waals surface area (Å²) in [6.07, 6.45) is 7.51. The first-order chi connectivity index (χ1) is 11.1. The fraction of sp³-hybridized carbons (Fsp3) is 0.444. The first kappa shape index (κ1) is 17.1. The highest BCUT2D eigenvalue weighted by molar-refractivity contribution is 5.78. The summed E-state index contributed by atoms with van der Waals surface area (Å²) in [7, 11) is 3.56. The molecule has 0 fully saturated rings. The molecule has 0 saturated carbocycles. The van der Waals surface area contributed by atoms with Gasteiger partial charge in [0, 0.05) is 5.56 Å². The van der Waals surface area contributed by atoms with Crippen LogP contribution in [-0.4, -0.2) is 24.3 Å². The number of carbonyl (C=O) groups is 1. The first-order valence-corrected chi connectivity index (χ1v) is 7.90. The van der Waals surface area contributed by atoms with E-state index in [9.17, 15) is 4.79 Å². The van der Waals surface area contributed by atoms with Crippen molar-refractivity contribution < 1.29 is 18.8 Å². The minimum Gasteiger partial charge on any atom is -0.496 e. The molecule has 1 aromatic heterocycles. The Hall–Kier alpha value is -2.30. The summed E-state index contributed by atoms with van der Waals surface area (Å²) in [5.74, 6) is 0.519. The minimum atomic E-state index is -0.512. The van der Waals surface area contributed by atoms with Gasteiger partial charge in [-0.3, -0.25) is 0 Å². The molecule has 1 unspecified atom stereocenters. The van der Waals surface area contributed by atoms with Gasteiger partial charge in [-0.15, -0.1) is 0 Å². The van der Waals surface area contributed by atoms with Crippen molar-refractivity contribution >= 4 is 5.97 Å². The van der Waals surface area contributed by atoms with Crippen molar-refractivity contribution in [3.63, 3.8) is 0 Å². The molecule has 124 valence electrons. The zero-order valence-electron chi connectivity index (χ0n) is 14.3. The quantitative estimate of drug-likeness (QED) is 0.448. The second-order valence-corrected chi connectivity index (χ2v) is 5.68. The summed E-state index contributed by atoms with van der Waals surface area (Å²) < 4.78 is 14.6. The summed E-state index contributed by atoms with van der Waals surface area (Å²) in [6, 6.07) is 5.30. The molecule has 0 amide bonds. The number of aryl methyl sites for hydroxylation is 2. The van der Waals surface area contributed by atoms with Crippen molar-refractivity contribution in [1.29, 1.82) is 0 Å². The summed E-state index contributed by atoms with van der Waals surface area (Å²) in [4.78, 5) is 12.6. The van der Waals surface area contributed by atoms with E-state index in [1.165, 1.54) is 0 Å². The van der Waals surface area contributed by atoms with E-state index >= 15 is 0 Å². The molecule has 1 aromatic carbocycles. The van der Waals surface area contributed by atoms with Gasteiger partial charge in [-0.05, 0) is 25.0 Å². The van der Waals surface area contributed by atoms with Gasteiger partial charge in [0.05, 0.1) is 20.8 Å². The Bertz CT molecular complexity index is 664. The molecule has 0 radical (unpaired) electrons. The van der Waals surface area contributed by atoms with Crippen molar-refractivity contribution in [2.75, 3.05) is 13.7 Å². The van der Waals surface area contributed by atoms with Crippen LogP contribution in [0.5, 0.6) is 5.75 Å². The van der Waals surface area contributed by atoms with Gasteiger partial charge in [-0.2, -0.15) is 0 Å². The number of benzene rings is 1. The van der Waals surface area contributed by atoms with Crippen molar-refractivity contribution in [2.45, 2.75) is 32.7 Å². The Balaban J connectivity index is 2.35. The smallest absolute Gasteiger partial charge is 0.356 e. The molecule has 5 heteroatoms. The second kappa shape index (κ2) is 7.81. The van der Waals surface area contributed by atoms with Gasteiger partial charge in [0.25, 0.3) is 0 Å². The third kappa shape index (κ3) is 4.12. The molecule has 1 heterocycles. The van der Waals surface area contributed by atoms with Crippen LogP contribution in [-0.2, 0) is 16.6 Å². The SMILES string of the molecule is CCCCOC(=O)C(c1ccc(C)c(OC)c1)n1cc[n+](C)c1. The molecule has 0 aliphatic rings. The fourth-order valence-electron chi connectivity index (χ4n) is 2.45. The lowest BCUT2D eigenvalue weighted by atomic mass is 10.0. The van der Waals surface area contributed by atoms with Crippen LogP contribution in [0.1, 0.15) is 36.9 Å². The Kier molecular flexibility index (Phi) is 5.79. The molecule has 5 nitrogen and oxygen atoms in total. The molecule has 0 N–H and O–H groups in total. The van der Waals surface area contributed by atoms with Crippen molar-refractivity contribution in [3.05, 3.63) is 48.0 Å². The number of rotatable bonds is 7. The highest BCUT2D eigenvalue weighted by atomic mass is 16.5. The van der Waals surface area contributed by atoms with Gasteiger partial charge in [-0.1, -0.05) is 25.5 Å². The highest BCUT2D eigenvalue weighted by Crippen LogP contribution is 2.26. The van der Waals surface area contributed by atoms with Crippen LogP contribution < -0.4 is 9.30 Å². The number of ether oxygens (including phenoxy) is 2. The number of aromatic nitrogens is 2. The maximum Gasteiger partial charge on any atom is 0.356 e. The molecule has 0 aliphatic heterocycles. The fourth-order valence-corrected chi connectivity index (χ4v) is 2.45. The van der Waals surface area contributed by atoms with E-state index in [4.69, 9.17) is 9.47 Å². The molecule has 1 atom stereocenters. The number of unbranched alkanes of at least 4 members (excludes halogenated alkanes) is 1. The molecule has 23 heavy (non-hydrogen) atoms. The number of imidazole rings is 1. The molecule has 0 saturated heterocycles. The summed E-state index contributed by atoms with van der Waals surface area (Å²) >= 11 is 0. The maximum atomic E-state index is 12.6. The van der Waals surface area contributed by atoms with E-state index < -0.39 is 6.04 Å². The molecule has 0 aliphatic carbocycles. The standard InChI is InChI=1S/C18H25N2O3/c1-5-6-11-23-18(21)17(20-10-9-19(3)13-20)15-8-7-14(2)16(12-15)22-4/h7-10,12-13,17H,5-6,11H2,1-4H3/q+1. The van der Waals surface area contributed by atoms with Gasteiger partial charge in [0.1, 0.15) is 18.1 Å². The molecular formula is C18H25N2O3+. The van der Waals surface area contributed by atoms with Crippen LogP contribution in [0.4, 0.5) is 0 Å². The molecular weight excluding hydrogens is 292 g/mol. The lowest BCUT2D eigenvalue weighted by Crippen LogP contribution is -2.27. The zero-order chi connectivity index (χ0) is 16.8. The van der Waals surface area contributed by atoms with Crippen LogP contribution in [0.25, 0.3) is 0 Å². The predicted octanol–water partition coefficient (Wildman–Crippen LogP) is 2.56. The molecule has 2 rings (SSSR count). The number of carbonyl (C=O) groups excluding carboxylic acids is 1. The van der Waals surface area contributed by atoms with Crippen LogP contribution in [0, 0.1) is 6.92 Å². The van der Waals surface area contributed by atoms with Gasteiger partial charge < -0.3 is 9.47 Å². The van der Waals surface area contributed by atoms with Crippen LogP contribution in [0.2, 0.25) is 0 Å². The topological polar surface area (TPSA) is 44.3 Å². The molecule has 2 aromatic rings. The number of methoxy groups -OCH3 is 1. The largest absolute Gasteiger partial charge is 0.496 e. The number of hydrogen-bond acceptors (Lipinski definition) is 3. The van der Waals surface area contributed by atoms with E-state index in [0.717, 1.165) is 29.7 Å². The third-order valence-electron chi connectivity index (χ3n) is 3.80. The Morgan fingerprint density at radius 3 is 2.78 bits per heavy atom. The third-order valence-corrected chi connectivity index (χ3v) is 3.80. The van der Waals surface area contributed by atoms with E-state index in [2.05, 4.69) is 6.92 Å². The number of esters is 1. The van der Waals surface area contributed by atoms with Gasteiger partial charge in [0.15, 0.2) is 0 Å². The lowest BCUT2D eigenvalue weighted by molar-refractivity contribution is -0.671. The molecule has 0 spiro atoms. The van der Waals surface area contributed by atoms with Crippen LogP contribution >= 0.6 is 0 Å².